The number of benzene rings is 1. The van der Waals surface area contributed by atoms with Crippen LogP contribution in [0.1, 0.15) is 45.4 Å². The van der Waals surface area contributed by atoms with E-state index >= 15 is 0 Å². The molecular weight excluding hydrogens is 248 g/mol. The standard InChI is InChI=1S/C15H23F2NO/c1-2-3-4-5-6-7-12-18-13-8-10-14(11-9-13)19-15(16)17/h8-11,15,18H,2-7,12H2,1H3. The van der Waals surface area contributed by atoms with Crippen LogP contribution >= 0.6 is 0 Å². The van der Waals surface area contributed by atoms with Gasteiger partial charge in [0.15, 0.2) is 0 Å². The molecule has 0 saturated carbocycles. The fourth-order valence-electron chi connectivity index (χ4n) is 1.89. The van der Waals surface area contributed by atoms with Crippen LogP contribution in [0.2, 0.25) is 0 Å². The Morgan fingerprint density at radius 2 is 1.63 bits per heavy atom. The highest BCUT2D eigenvalue weighted by atomic mass is 19.3. The molecule has 0 aliphatic carbocycles. The lowest BCUT2D eigenvalue weighted by atomic mass is 10.1. The smallest absolute Gasteiger partial charge is 0.387 e. The van der Waals surface area contributed by atoms with E-state index in [1.165, 1.54) is 32.1 Å². The Morgan fingerprint density at radius 3 is 2.26 bits per heavy atom. The zero-order valence-electron chi connectivity index (χ0n) is 11.5. The molecule has 0 saturated heterocycles. The van der Waals surface area contributed by atoms with Crippen molar-refractivity contribution < 1.29 is 13.5 Å². The summed E-state index contributed by atoms with van der Waals surface area (Å²) in [6, 6.07) is 6.62. The van der Waals surface area contributed by atoms with E-state index in [1.807, 2.05) is 0 Å². The van der Waals surface area contributed by atoms with Crippen LogP contribution in [0.25, 0.3) is 0 Å². The van der Waals surface area contributed by atoms with Crippen molar-refractivity contribution in [2.24, 2.45) is 0 Å². The summed E-state index contributed by atoms with van der Waals surface area (Å²) in [4.78, 5) is 0. The molecule has 0 unspecified atom stereocenters. The van der Waals surface area contributed by atoms with Gasteiger partial charge in [0, 0.05) is 12.2 Å². The summed E-state index contributed by atoms with van der Waals surface area (Å²) in [6.07, 6.45) is 7.57. The molecule has 0 radical (unpaired) electrons. The molecule has 0 aliphatic rings. The zero-order chi connectivity index (χ0) is 13.9. The monoisotopic (exact) mass is 271 g/mol. The minimum atomic E-state index is -2.76. The molecule has 0 spiro atoms. The molecule has 0 aliphatic heterocycles. The third kappa shape index (κ3) is 7.65. The van der Waals surface area contributed by atoms with Crippen LogP contribution < -0.4 is 10.1 Å². The molecular formula is C15H23F2NO. The second kappa shape index (κ2) is 9.59. The fourth-order valence-corrected chi connectivity index (χ4v) is 1.89. The van der Waals surface area contributed by atoms with Gasteiger partial charge in [-0.1, -0.05) is 39.0 Å². The van der Waals surface area contributed by atoms with E-state index in [0.29, 0.717) is 0 Å². The third-order valence-corrected chi connectivity index (χ3v) is 2.94. The predicted octanol–water partition coefficient (Wildman–Crippen LogP) is 5.06. The Labute approximate surface area is 114 Å². The molecule has 0 aromatic heterocycles. The van der Waals surface area contributed by atoms with Crippen LogP contribution in [0.3, 0.4) is 0 Å². The van der Waals surface area contributed by atoms with E-state index < -0.39 is 6.61 Å². The normalized spacial score (nSPS) is 10.7. The Hall–Kier alpha value is -1.32. The quantitative estimate of drug-likeness (QED) is 0.600. The van der Waals surface area contributed by atoms with Crippen molar-refractivity contribution in [1.82, 2.24) is 0 Å². The third-order valence-electron chi connectivity index (χ3n) is 2.94. The number of hydrogen-bond donors (Lipinski definition) is 1. The lowest BCUT2D eigenvalue weighted by Gasteiger charge is -2.08. The number of hydrogen-bond acceptors (Lipinski definition) is 2. The molecule has 1 N–H and O–H groups in total. The second-order valence-electron chi connectivity index (χ2n) is 4.60. The first-order valence-corrected chi connectivity index (χ1v) is 7.01. The number of ether oxygens (including phenoxy) is 1. The van der Waals surface area contributed by atoms with E-state index in [2.05, 4.69) is 17.0 Å². The van der Waals surface area contributed by atoms with Crippen LogP contribution in [-0.4, -0.2) is 13.2 Å². The van der Waals surface area contributed by atoms with Crippen LogP contribution in [0, 0.1) is 0 Å². The van der Waals surface area contributed by atoms with Crippen molar-refractivity contribution in [2.75, 3.05) is 11.9 Å². The molecule has 1 aromatic rings. The minimum absolute atomic E-state index is 0.195. The molecule has 108 valence electrons. The average Bonchev–Trinajstić information content (AvgIpc) is 2.39. The van der Waals surface area contributed by atoms with Crippen LogP contribution in [0.5, 0.6) is 5.75 Å². The van der Waals surface area contributed by atoms with Gasteiger partial charge in [-0.3, -0.25) is 0 Å². The maximum absolute atomic E-state index is 12.0. The molecule has 19 heavy (non-hydrogen) atoms. The van der Waals surface area contributed by atoms with Crippen LogP contribution in [-0.2, 0) is 0 Å². The van der Waals surface area contributed by atoms with Gasteiger partial charge in [0.25, 0.3) is 0 Å². The zero-order valence-corrected chi connectivity index (χ0v) is 11.5. The van der Waals surface area contributed by atoms with Crippen molar-refractivity contribution in [2.45, 2.75) is 52.1 Å². The summed E-state index contributed by atoms with van der Waals surface area (Å²) >= 11 is 0. The van der Waals surface area contributed by atoms with Crippen molar-refractivity contribution in [3.8, 4) is 5.75 Å². The lowest BCUT2D eigenvalue weighted by molar-refractivity contribution is -0.0498. The van der Waals surface area contributed by atoms with E-state index in [4.69, 9.17) is 0 Å². The first-order chi connectivity index (χ1) is 9.22. The molecule has 0 bridgehead atoms. The molecule has 1 aromatic carbocycles. The number of anilines is 1. The topological polar surface area (TPSA) is 21.3 Å². The van der Waals surface area contributed by atoms with E-state index in [9.17, 15) is 8.78 Å². The minimum Gasteiger partial charge on any atom is -0.435 e. The Bertz CT molecular complexity index is 327. The summed E-state index contributed by atoms with van der Waals surface area (Å²) in [5.74, 6) is 0.195. The highest BCUT2D eigenvalue weighted by Crippen LogP contribution is 2.17. The first-order valence-electron chi connectivity index (χ1n) is 7.01. The summed E-state index contributed by atoms with van der Waals surface area (Å²) in [5.41, 5.74) is 0.940. The second-order valence-corrected chi connectivity index (χ2v) is 4.60. The van der Waals surface area contributed by atoms with Gasteiger partial charge in [0.05, 0.1) is 0 Å². The van der Waals surface area contributed by atoms with Gasteiger partial charge < -0.3 is 10.1 Å². The number of rotatable bonds is 10. The number of alkyl halides is 2. The summed E-state index contributed by atoms with van der Waals surface area (Å²) in [5, 5.41) is 3.27. The van der Waals surface area contributed by atoms with Gasteiger partial charge in [0.1, 0.15) is 5.75 Å². The van der Waals surface area contributed by atoms with E-state index in [-0.39, 0.29) is 5.75 Å². The highest BCUT2D eigenvalue weighted by molar-refractivity contribution is 5.46. The number of halogens is 2. The Balaban J connectivity index is 2.12. The number of unbranched alkanes of at least 4 members (excludes halogenated alkanes) is 5. The summed E-state index contributed by atoms with van der Waals surface area (Å²) in [6.45, 7) is 0.367. The molecule has 4 heteroatoms. The van der Waals surface area contributed by atoms with Crippen LogP contribution in [0.15, 0.2) is 24.3 Å². The van der Waals surface area contributed by atoms with Gasteiger partial charge >= 0.3 is 6.61 Å². The maximum Gasteiger partial charge on any atom is 0.387 e. The van der Waals surface area contributed by atoms with Crippen molar-refractivity contribution >= 4 is 5.69 Å². The average molecular weight is 271 g/mol. The van der Waals surface area contributed by atoms with Gasteiger partial charge in [-0.25, -0.2) is 0 Å². The maximum atomic E-state index is 12.0. The number of nitrogens with one attached hydrogen (secondary N) is 1. The summed E-state index contributed by atoms with van der Waals surface area (Å²) in [7, 11) is 0. The van der Waals surface area contributed by atoms with Gasteiger partial charge in [0.2, 0.25) is 0 Å². The van der Waals surface area contributed by atoms with Gasteiger partial charge in [-0.05, 0) is 30.7 Å². The van der Waals surface area contributed by atoms with Crippen molar-refractivity contribution in [3.05, 3.63) is 24.3 Å². The molecule has 0 fully saturated rings. The van der Waals surface area contributed by atoms with Crippen molar-refractivity contribution in [1.29, 1.82) is 0 Å². The SMILES string of the molecule is CCCCCCCCNc1ccc(OC(F)F)cc1. The largest absolute Gasteiger partial charge is 0.435 e. The van der Waals surface area contributed by atoms with E-state index in [1.54, 1.807) is 24.3 Å². The molecule has 2 nitrogen and oxygen atoms in total. The Morgan fingerprint density at radius 1 is 1.00 bits per heavy atom. The lowest BCUT2D eigenvalue weighted by Crippen LogP contribution is -2.03. The fraction of sp³-hybridized carbons (Fsp3) is 0.600. The van der Waals surface area contributed by atoms with Crippen molar-refractivity contribution in [3.63, 3.8) is 0 Å². The Kier molecular flexibility index (Phi) is 7.94. The first kappa shape index (κ1) is 15.7. The van der Waals surface area contributed by atoms with E-state index in [0.717, 1.165) is 18.7 Å². The van der Waals surface area contributed by atoms with Crippen LogP contribution in [0.4, 0.5) is 14.5 Å². The predicted molar refractivity (Wildman–Crippen MR) is 74.9 cm³/mol. The molecule has 1 rings (SSSR count). The summed E-state index contributed by atoms with van der Waals surface area (Å²) < 4.78 is 28.2. The molecule has 0 amide bonds. The van der Waals surface area contributed by atoms with Gasteiger partial charge in [-0.15, -0.1) is 0 Å². The van der Waals surface area contributed by atoms with Gasteiger partial charge in [-0.2, -0.15) is 8.78 Å². The molecule has 0 atom stereocenters. The highest BCUT2D eigenvalue weighted by Gasteiger charge is 2.03. The molecule has 0 heterocycles.